The molecule has 3 amide bonds. The maximum absolute atomic E-state index is 14.4. The predicted molar refractivity (Wildman–Crippen MR) is 157 cm³/mol. The van der Waals surface area contributed by atoms with Crippen LogP contribution in [-0.4, -0.2) is 70.9 Å². The molecule has 10 nitrogen and oxygen atoms in total. The van der Waals surface area contributed by atoms with Gasteiger partial charge < -0.3 is 20.6 Å². The lowest BCUT2D eigenvalue weighted by Gasteiger charge is -2.37. The number of thioether (sulfide) groups is 1. The monoisotopic (exact) mass is 576 g/mol. The maximum atomic E-state index is 14.4. The molecule has 0 saturated carbocycles. The SMILES string of the molecule is CC(C)C[C@H](CO)N1C(=O)[C@@H]2[C@@H](C(=O)Nc3ccccc3)[C@@]3(C)CCC2(S3)C1C(=O)NCn1nnc2ccccc21. The summed E-state index contributed by atoms with van der Waals surface area (Å²) in [6.45, 7) is 5.95. The highest BCUT2D eigenvalue weighted by Crippen LogP contribution is 2.71. The summed E-state index contributed by atoms with van der Waals surface area (Å²) >= 11 is 1.61. The molecule has 1 spiro atoms. The fraction of sp³-hybridized carbons (Fsp3) is 0.500. The number of aliphatic hydroxyl groups excluding tert-OH is 1. The highest BCUT2D eigenvalue weighted by Gasteiger charge is 2.77. The summed E-state index contributed by atoms with van der Waals surface area (Å²) in [6, 6.07) is 15.4. The van der Waals surface area contributed by atoms with Crippen molar-refractivity contribution in [3.05, 3.63) is 54.6 Å². The van der Waals surface area contributed by atoms with E-state index in [0.29, 0.717) is 24.9 Å². The maximum Gasteiger partial charge on any atom is 0.245 e. The smallest absolute Gasteiger partial charge is 0.245 e. The number of rotatable bonds is 9. The topological polar surface area (TPSA) is 129 Å². The third-order valence-corrected chi connectivity index (χ3v) is 10.9. The van der Waals surface area contributed by atoms with Crippen LogP contribution in [0, 0.1) is 17.8 Å². The van der Waals surface area contributed by atoms with Crippen molar-refractivity contribution in [3.8, 4) is 0 Å². The summed E-state index contributed by atoms with van der Waals surface area (Å²) in [5, 5.41) is 24.9. The number of hydrogen-bond acceptors (Lipinski definition) is 7. The van der Waals surface area contributed by atoms with Crippen molar-refractivity contribution in [1.82, 2.24) is 25.2 Å². The minimum absolute atomic E-state index is 0.0897. The van der Waals surface area contributed by atoms with Gasteiger partial charge in [-0.15, -0.1) is 16.9 Å². The number of fused-ring (bicyclic) bond motifs is 2. The zero-order valence-corrected chi connectivity index (χ0v) is 24.3. The Balaban J connectivity index is 1.35. The summed E-state index contributed by atoms with van der Waals surface area (Å²) in [5.74, 6) is -1.80. The lowest BCUT2D eigenvalue weighted by molar-refractivity contribution is -0.143. The molecule has 4 heterocycles. The Labute approximate surface area is 243 Å². The van der Waals surface area contributed by atoms with E-state index in [2.05, 4.69) is 20.9 Å². The molecule has 0 radical (unpaired) electrons. The molecule has 3 aromatic rings. The molecule has 11 heteroatoms. The Hall–Kier alpha value is -3.44. The normalized spacial score (nSPS) is 29.2. The Morgan fingerprint density at radius 3 is 2.56 bits per heavy atom. The van der Waals surface area contributed by atoms with Crippen molar-refractivity contribution >= 4 is 46.2 Å². The fourth-order valence-corrected chi connectivity index (χ4v) is 9.65. The molecule has 6 atom stereocenters. The molecule has 2 unspecified atom stereocenters. The first-order chi connectivity index (χ1) is 19.7. The number of para-hydroxylation sites is 2. The zero-order valence-electron chi connectivity index (χ0n) is 23.5. The Morgan fingerprint density at radius 2 is 1.83 bits per heavy atom. The molecular formula is C30H36N6O4S. The molecule has 6 rings (SSSR count). The number of hydrogen-bond donors (Lipinski definition) is 3. The van der Waals surface area contributed by atoms with Crippen LogP contribution in [0.1, 0.15) is 40.0 Å². The van der Waals surface area contributed by atoms with Gasteiger partial charge in [0.05, 0.1) is 34.7 Å². The lowest BCUT2D eigenvalue weighted by Crippen LogP contribution is -2.56. The second kappa shape index (κ2) is 10.4. The van der Waals surface area contributed by atoms with E-state index < -0.39 is 33.4 Å². The summed E-state index contributed by atoms with van der Waals surface area (Å²) < 4.78 is 0.361. The van der Waals surface area contributed by atoms with Gasteiger partial charge in [0.1, 0.15) is 18.2 Å². The highest BCUT2D eigenvalue weighted by molar-refractivity contribution is 8.02. The van der Waals surface area contributed by atoms with Gasteiger partial charge in [0.2, 0.25) is 17.7 Å². The Kier molecular flexibility index (Phi) is 7.05. The summed E-state index contributed by atoms with van der Waals surface area (Å²) in [6.07, 6.45) is 1.90. The molecule has 3 N–H and O–H groups in total. The molecule has 0 aliphatic carbocycles. The van der Waals surface area contributed by atoms with Crippen molar-refractivity contribution in [1.29, 1.82) is 0 Å². The van der Waals surface area contributed by atoms with Gasteiger partial charge in [-0.1, -0.05) is 49.4 Å². The molecule has 3 aliphatic rings. The van der Waals surface area contributed by atoms with Crippen LogP contribution in [0.4, 0.5) is 5.69 Å². The van der Waals surface area contributed by atoms with E-state index in [4.69, 9.17) is 0 Å². The van der Waals surface area contributed by atoms with E-state index in [0.717, 1.165) is 11.0 Å². The van der Waals surface area contributed by atoms with E-state index >= 15 is 0 Å². The van der Waals surface area contributed by atoms with Gasteiger partial charge in [0, 0.05) is 10.4 Å². The second-order valence-corrected chi connectivity index (χ2v) is 14.0. The van der Waals surface area contributed by atoms with Gasteiger partial charge in [-0.05, 0) is 56.4 Å². The minimum Gasteiger partial charge on any atom is -0.394 e. The minimum atomic E-state index is -0.827. The van der Waals surface area contributed by atoms with E-state index in [1.54, 1.807) is 21.3 Å². The number of amides is 3. The van der Waals surface area contributed by atoms with Gasteiger partial charge in [-0.2, -0.15) is 0 Å². The lowest BCUT2D eigenvalue weighted by atomic mass is 9.66. The number of aromatic nitrogens is 3. The van der Waals surface area contributed by atoms with Gasteiger partial charge in [0.15, 0.2) is 0 Å². The molecule has 2 aromatic carbocycles. The summed E-state index contributed by atoms with van der Waals surface area (Å²) in [5.41, 5.74) is 2.19. The van der Waals surface area contributed by atoms with E-state index in [9.17, 15) is 19.5 Å². The molecule has 3 fully saturated rings. The van der Waals surface area contributed by atoms with E-state index in [1.165, 1.54) is 0 Å². The van der Waals surface area contributed by atoms with Crippen LogP contribution in [0.2, 0.25) is 0 Å². The number of nitrogens with one attached hydrogen (secondary N) is 2. The Morgan fingerprint density at radius 1 is 1.10 bits per heavy atom. The molecule has 1 aromatic heterocycles. The Bertz CT molecular complexity index is 1480. The van der Waals surface area contributed by atoms with Crippen LogP contribution in [-0.2, 0) is 21.1 Å². The van der Waals surface area contributed by atoms with Crippen molar-refractivity contribution in [2.75, 3.05) is 11.9 Å². The van der Waals surface area contributed by atoms with Gasteiger partial charge in [-0.25, -0.2) is 4.68 Å². The first-order valence-electron chi connectivity index (χ1n) is 14.2. The van der Waals surface area contributed by atoms with E-state index in [1.807, 2.05) is 75.4 Å². The number of aliphatic hydroxyl groups is 1. The number of anilines is 1. The number of benzene rings is 2. The second-order valence-electron chi connectivity index (χ2n) is 12.1. The first kappa shape index (κ1) is 27.7. The molecule has 3 saturated heterocycles. The van der Waals surface area contributed by atoms with Crippen LogP contribution in [0.25, 0.3) is 11.0 Å². The number of likely N-dealkylation sites (tertiary alicyclic amines) is 1. The molecular weight excluding hydrogens is 540 g/mol. The number of carbonyl (C=O) groups excluding carboxylic acids is 3. The standard InChI is InChI=1S/C30H36N6O4S/c1-18(2)15-20(16-37)36-25(27(39)31-17-35-22-12-8-7-11-21(22)33-34-35)30-14-13-29(3,41-30)23(24(30)28(36)40)26(38)32-19-9-5-4-6-10-19/h4-12,18,20,23-25,37H,13-17H2,1-3H3,(H,31,39)(H,32,38)/t20-,23+,24+,25?,29-,30?/m1/s1. The molecule has 216 valence electrons. The summed E-state index contributed by atoms with van der Waals surface area (Å²) in [7, 11) is 0. The third-order valence-electron chi connectivity index (χ3n) is 8.96. The highest BCUT2D eigenvalue weighted by atomic mass is 32.2. The molecule has 3 aliphatic heterocycles. The van der Waals surface area contributed by atoms with Crippen LogP contribution >= 0.6 is 11.8 Å². The largest absolute Gasteiger partial charge is 0.394 e. The molecule has 2 bridgehead atoms. The predicted octanol–water partition coefficient (Wildman–Crippen LogP) is 3.03. The van der Waals surface area contributed by atoms with Crippen molar-refractivity contribution in [3.63, 3.8) is 0 Å². The van der Waals surface area contributed by atoms with Crippen LogP contribution < -0.4 is 10.6 Å². The summed E-state index contributed by atoms with van der Waals surface area (Å²) in [4.78, 5) is 44.0. The van der Waals surface area contributed by atoms with Crippen molar-refractivity contribution in [2.24, 2.45) is 17.8 Å². The van der Waals surface area contributed by atoms with Gasteiger partial charge in [0.25, 0.3) is 0 Å². The average Bonchev–Trinajstić information content (AvgIpc) is 3.66. The van der Waals surface area contributed by atoms with Crippen LogP contribution in [0.5, 0.6) is 0 Å². The third kappa shape index (κ3) is 4.50. The first-order valence-corrected chi connectivity index (χ1v) is 15.1. The van der Waals surface area contributed by atoms with Crippen molar-refractivity contribution in [2.45, 2.75) is 68.3 Å². The number of carbonyl (C=O) groups is 3. The van der Waals surface area contributed by atoms with Gasteiger partial charge in [-0.3, -0.25) is 14.4 Å². The number of nitrogens with zero attached hydrogens (tertiary/aromatic N) is 4. The quantitative estimate of drug-likeness (QED) is 0.357. The zero-order chi connectivity index (χ0) is 28.9. The average molecular weight is 577 g/mol. The molecule has 41 heavy (non-hydrogen) atoms. The fourth-order valence-electron chi connectivity index (χ4n) is 7.30. The van der Waals surface area contributed by atoms with E-state index in [-0.39, 0.29) is 36.9 Å². The van der Waals surface area contributed by atoms with Crippen LogP contribution in [0.3, 0.4) is 0 Å². The van der Waals surface area contributed by atoms with Crippen molar-refractivity contribution < 1.29 is 19.5 Å². The van der Waals surface area contributed by atoms with Gasteiger partial charge >= 0.3 is 0 Å². The van der Waals surface area contributed by atoms with Crippen LogP contribution in [0.15, 0.2) is 54.6 Å².